The number of halogens is 2. The van der Waals surface area contributed by atoms with Gasteiger partial charge in [-0.25, -0.2) is 4.39 Å². The molecule has 0 saturated carbocycles. The molecule has 0 aliphatic carbocycles. The highest BCUT2D eigenvalue weighted by molar-refractivity contribution is 14.0. The number of nitrogens with one attached hydrogen (secondary N) is 2. The van der Waals surface area contributed by atoms with E-state index in [-0.39, 0.29) is 29.8 Å². The minimum atomic E-state index is -0.188. The van der Waals surface area contributed by atoms with Crippen LogP contribution in [0.3, 0.4) is 0 Å². The van der Waals surface area contributed by atoms with Gasteiger partial charge in [0.2, 0.25) is 0 Å². The first-order valence-corrected chi connectivity index (χ1v) is 9.00. The van der Waals surface area contributed by atoms with Crippen molar-refractivity contribution in [1.29, 1.82) is 0 Å². The molecule has 7 heteroatoms. The minimum Gasteiger partial charge on any atom is -0.356 e. The van der Waals surface area contributed by atoms with Gasteiger partial charge in [0, 0.05) is 23.4 Å². The molecule has 23 heavy (non-hydrogen) atoms. The van der Waals surface area contributed by atoms with Crippen molar-refractivity contribution in [2.24, 2.45) is 4.99 Å². The molecule has 1 aromatic carbocycles. The van der Waals surface area contributed by atoms with E-state index in [1.165, 1.54) is 17.0 Å². The van der Waals surface area contributed by atoms with Gasteiger partial charge in [-0.1, -0.05) is 6.07 Å². The molecule has 1 heterocycles. The summed E-state index contributed by atoms with van der Waals surface area (Å²) in [5.74, 6) is 1.62. The number of rotatable bonds is 7. The zero-order chi connectivity index (χ0) is 15.6. The molecule has 0 bridgehead atoms. The Bertz CT molecular complexity index is 574. The van der Waals surface area contributed by atoms with Gasteiger partial charge in [0.05, 0.1) is 6.54 Å². The van der Waals surface area contributed by atoms with Crippen molar-refractivity contribution in [2.75, 3.05) is 19.3 Å². The van der Waals surface area contributed by atoms with Crippen LogP contribution < -0.4 is 10.6 Å². The Hall–Kier alpha value is -0.800. The monoisotopic (exact) mass is 465 g/mol. The molecule has 0 spiro atoms. The van der Waals surface area contributed by atoms with E-state index in [1.807, 2.05) is 18.2 Å². The summed E-state index contributed by atoms with van der Waals surface area (Å²) in [5.41, 5.74) is 0. The first kappa shape index (κ1) is 20.2. The Morgan fingerprint density at radius 3 is 2.65 bits per heavy atom. The van der Waals surface area contributed by atoms with E-state index in [1.54, 1.807) is 30.1 Å². The topological polar surface area (TPSA) is 36.4 Å². The maximum absolute atomic E-state index is 12.8. The third-order valence-electron chi connectivity index (χ3n) is 2.93. The standard InChI is InChI=1S/C16H20FN3S2.HI/c1-18-16(20-12-15-4-2-10-22-15)19-9-3-11-21-14-7-5-13(17)6-8-14;/h2,4-8,10H,3,9,11-12H2,1H3,(H2,18,19,20);1H. The fourth-order valence-electron chi connectivity index (χ4n) is 1.80. The lowest BCUT2D eigenvalue weighted by atomic mass is 10.4. The summed E-state index contributed by atoms with van der Waals surface area (Å²) in [6.45, 7) is 1.65. The molecule has 2 rings (SSSR count). The molecular formula is C16H21FIN3S2. The Kier molecular flexibility index (Phi) is 10.3. The van der Waals surface area contributed by atoms with E-state index >= 15 is 0 Å². The molecule has 2 aromatic rings. The minimum absolute atomic E-state index is 0. The third kappa shape index (κ3) is 8.03. The van der Waals surface area contributed by atoms with E-state index in [4.69, 9.17) is 0 Å². The fourth-order valence-corrected chi connectivity index (χ4v) is 3.30. The zero-order valence-corrected chi connectivity index (χ0v) is 16.9. The maximum Gasteiger partial charge on any atom is 0.191 e. The molecular weight excluding hydrogens is 444 g/mol. The normalized spacial score (nSPS) is 11.0. The average molecular weight is 465 g/mol. The van der Waals surface area contributed by atoms with Crippen molar-refractivity contribution in [2.45, 2.75) is 17.9 Å². The molecule has 0 unspecified atom stereocenters. The quantitative estimate of drug-likeness (QED) is 0.210. The highest BCUT2D eigenvalue weighted by Gasteiger charge is 1.99. The van der Waals surface area contributed by atoms with Crippen LogP contribution in [0, 0.1) is 5.82 Å². The molecule has 2 N–H and O–H groups in total. The molecule has 1 aromatic heterocycles. The summed E-state index contributed by atoms with van der Waals surface area (Å²) in [6.07, 6.45) is 1.02. The lowest BCUT2D eigenvalue weighted by molar-refractivity contribution is 0.626. The number of hydrogen-bond acceptors (Lipinski definition) is 3. The van der Waals surface area contributed by atoms with Crippen LogP contribution in [-0.4, -0.2) is 25.3 Å². The average Bonchev–Trinajstić information content (AvgIpc) is 3.05. The number of hydrogen-bond donors (Lipinski definition) is 2. The SMILES string of the molecule is CN=C(NCCCSc1ccc(F)cc1)NCc1cccs1.I. The number of thiophene rings is 1. The van der Waals surface area contributed by atoms with Crippen LogP contribution in [0.25, 0.3) is 0 Å². The lowest BCUT2D eigenvalue weighted by Crippen LogP contribution is -2.37. The zero-order valence-electron chi connectivity index (χ0n) is 12.9. The number of aliphatic imine (C=N–C) groups is 1. The van der Waals surface area contributed by atoms with E-state index in [9.17, 15) is 4.39 Å². The molecule has 0 aliphatic rings. The molecule has 0 atom stereocenters. The number of thioether (sulfide) groups is 1. The van der Waals surface area contributed by atoms with Crippen molar-refractivity contribution in [3.8, 4) is 0 Å². The second-order valence-electron chi connectivity index (χ2n) is 4.59. The van der Waals surface area contributed by atoms with Gasteiger partial charge in [0.25, 0.3) is 0 Å². The second-order valence-corrected chi connectivity index (χ2v) is 6.79. The summed E-state index contributed by atoms with van der Waals surface area (Å²) in [6, 6.07) is 10.8. The largest absolute Gasteiger partial charge is 0.356 e. The Balaban J connectivity index is 0.00000264. The van der Waals surface area contributed by atoms with Gasteiger partial charge in [0.15, 0.2) is 5.96 Å². The predicted molar refractivity (Wildman–Crippen MR) is 110 cm³/mol. The third-order valence-corrected chi connectivity index (χ3v) is 4.90. The summed E-state index contributed by atoms with van der Waals surface area (Å²) in [5, 5.41) is 8.65. The van der Waals surface area contributed by atoms with Crippen LogP contribution >= 0.6 is 47.1 Å². The van der Waals surface area contributed by atoms with E-state index in [0.717, 1.165) is 36.1 Å². The Labute approximate surface area is 162 Å². The number of guanidine groups is 1. The van der Waals surface area contributed by atoms with E-state index < -0.39 is 0 Å². The Morgan fingerprint density at radius 1 is 1.22 bits per heavy atom. The van der Waals surface area contributed by atoms with Gasteiger partial charge in [0.1, 0.15) is 5.82 Å². The highest BCUT2D eigenvalue weighted by atomic mass is 127. The van der Waals surface area contributed by atoms with Gasteiger partial charge in [-0.05, 0) is 47.9 Å². The van der Waals surface area contributed by atoms with Crippen LogP contribution in [0.2, 0.25) is 0 Å². The first-order chi connectivity index (χ1) is 10.8. The van der Waals surface area contributed by atoms with Crippen molar-refractivity contribution < 1.29 is 4.39 Å². The maximum atomic E-state index is 12.8. The smallest absolute Gasteiger partial charge is 0.191 e. The summed E-state index contributed by atoms with van der Waals surface area (Å²) in [7, 11) is 1.77. The molecule has 3 nitrogen and oxygen atoms in total. The van der Waals surface area contributed by atoms with Crippen molar-refractivity contribution >= 4 is 53.0 Å². The number of benzene rings is 1. The first-order valence-electron chi connectivity index (χ1n) is 7.13. The summed E-state index contributed by atoms with van der Waals surface area (Å²) >= 11 is 3.47. The predicted octanol–water partition coefficient (Wildman–Crippen LogP) is 4.35. The lowest BCUT2D eigenvalue weighted by Gasteiger charge is -2.11. The molecule has 0 aliphatic heterocycles. The van der Waals surface area contributed by atoms with Crippen LogP contribution in [0.15, 0.2) is 51.7 Å². The van der Waals surface area contributed by atoms with Gasteiger partial charge >= 0.3 is 0 Å². The van der Waals surface area contributed by atoms with Gasteiger partial charge in [-0.2, -0.15) is 0 Å². The van der Waals surface area contributed by atoms with Crippen LogP contribution in [0.1, 0.15) is 11.3 Å². The Morgan fingerprint density at radius 2 is 2.00 bits per heavy atom. The number of nitrogens with zero attached hydrogens (tertiary/aromatic N) is 1. The summed E-state index contributed by atoms with van der Waals surface area (Å²) in [4.78, 5) is 6.59. The molecule has 0 radical (unpaired) electrons. The summed E-state index contributed by atoms with van der Waals surface area (Å²) < 4.78 is 12.8. The second kappa shape index (κ2) is 11.7. The highest BCUT2D eigenvalue weighted by Crippen LogP contribution is 2.18. The van der Waals surface area contributed by atoms with Gasteiger partial charge in [-0.3, -0.25) is 4.99 Å². The van der Waals surface area contributed by atoms with E-state index in [2.05, 4.69) is 27.1 Å². The van der Waals surface area contributed by atoms with Crippen LogP contribution in [0.5, 0.6) is 0 Å². The van der Waals surface area contributed by atoms with Crippen molar-refractivity contribution in [3.63, 3.8) is 0 Å². The fraction of sp³-hybridized carbons (Fsp3) is 0.312. The van der Waals surface area contributed by atoms with Crippen molar-refractivity contribution in [1.82, 2.24) is 10.6 Å². The van der Waals surface area contributed by atoms with Gasteiger partial charge < -0.3 is 10.6 Å². The van der Waals surface area contributed by atoms with Crippen LogP contribution in [-0.2, 0) is 6.54 Å². The van der Waals surface area contributed by atoms with Crippen LogP contribution in [0.4, 0.5) is 4.39 Å². The van der Waals surface area contributed by atoms with E-state index in [0.29, 0.717) is 0 Å². The molecule has 126 valence electrons. The molecule has 0 amide bonds. The van der Waals surface area contributed by atoms with Crippen molar-refractivity contribution in [3.05, 3.63) is 52.5 Å². The van der Waals surface area contributed by atoms with Gasteiger partial charge in [-0.15, -0.1) is 47.1 Å². The molecule has 0 saturated heterocycles. The molecule has 0 fully saturated rings.